The Hall–Kier alpha value is -2.36. The zero-order chi connectivity index (χ0) is 19.1. The molecule has 0 fully saturated rings. The molecule has 0 aromatic heterocycles. The van der Waals surface area contributed by atoms with Crippen molar-refractivity contribution in [1.29, 1.82) is 0 Å². The number of halogens is 1. The van der Waals surface area contributed by atoms with Crippen LogP contribution >= 0.6 is 0 Å². The lowest BCUT2D eigenvalue weighted by Gasteiger charge is -2.22. The average molecular weight is 356 g/mol. The lowest BCUT2D eigenvalue weighted by atomic mass is 9.84. The van der Waals surface area contributed by atoms with Crippen molar-refractivity contribution in [3.8, 4) is 22.6 Å². The Kier molecular flexibility index (Phi) is 4.78. The van der Waals surface area contributed by atoms with Crippen molar-refractivity contribution in [3.05, 3.63) is 46.8 Å². The lowest BCUT2D eigenvalue weighted by molar-refractivity contribution is 0.112. The van der Waals surface area contributed by atoms with Crippen LogP contribution in [0.2, 0.25) is 0 Å². The van der Waals surface area contributed by atoms with Gasteiger partial charge in [0.2, 0.25) is 0 Å². The fourth-order valence-corrected chi connectivity index (χ4v) is 3.78. The molecule has 3 rings (SSSR count). The first-order chi connectivity index (χ1) is 12.3. The normalized spacial score (nSPS) is 14.9. The van der Waals surface area contributed by atoms with Crippen molar-refractivity contribution in [2.24, 2.45) is 0 Å². The summed E-state index contributed by atoms with van der Waals surface area (Å²) in [6.45, 7) is 10.6. The summed E-state index contributed by atoms with van der Waals surface area (Å²) in [5.41, 5.74) is 3.70. The van der Waals surface area contributed by atoms with E-state index in [-0.39, 0.29) is 17.3 Å². The van der Waals surface area contributed by atoms with Gasteiger partial charge in [-0.15, -0.1) is 0 Å². The van der Waals surface area contributed by atoms with Crippen LogP contribution in [-0.2, 0) is 6.42 Å². The fourth-order valence-electron chi connectivity index (χ4n) is 3.78. The Morgan fingerprint density at radius 3 is 2.46 bits per heavy atom. The first-order valence-corrected chi connectivity index (χ1v) is 9.04. The molecule has 0 saturated heterocycles. The molecule has 26 heavy (non-hydrogen) atoms. The predicted molar refractivity (Wildman–Crippen MR) is 101 cm³/mol. The number of hydrogen-bond donors (Lipinski definition) is 0. The van der Waals surface area contributed by atoms with E-state index in [1.807, 2.05) is 20.8 Å². The summed E-state index contributed by atoms with van der Waals surface area (Å²) >= 11 is 0. The molecule has 0 saturated carbocycles. The van der Waals surface area contributed by atoms with Crippen molar-refractivity contribution in [1.82, 2.24) is 0 Å². The summed E-state index contributed by atoms with van der Waals surface area (Å²) in [7, 11) is 0. The topological polar surface area (TPSA) is 35.5 Å². The van der Waals surface area contributed by atoms with Gasteiger partial charge in [-0.1, -0.05) is 26.0 Å². The monoisotopic (exact) mass is 356 g/mol. The van der Waals surface area contributed by atoms with Gasteiger partial charge in [0.05, 0.1) is 6.61 Å². The van der Waals surface area contributed by atoms with E-state index < -0.39 is 0 Å². The van der Waals surface area contributed by atoms with E-state index in [1.165, 1.54) is 12.1 Å². The number of aldehydes is 1. The van der Waals surface area contributed by atoms with E-state index in [0.29, 0.717) is 29.2 Å². The number of carbonyl (C=O) groups excluding carboxylic acids is 1. The highest BCUT2D eigenvalue weighted by atomic mass is 19.1. The fraction of sp³-hybridized carbons (Fsp3) is 0.409. The highest BCUT2D eigenvalue weighted by molar-refractivity contribution is 5.95. The first-order valence-electron chi connectivity index (χ1n) is 9.04. The summed E-state index contributed by atoms with van der Waals surface area (Å²) in [6, 6.07) is 6.15. The van der Waals surface area contributed by atoms with Crippen LogP contribution < -0.4 is 9.47 Å². The molecule has 0 amide bonds. The van der Waals surface area contributed by atoms with Gasteiger partial charge in [0.25, 0.3) is 0 Å². The maximum absolute atomic E-state index is 13.4. The van der Waals surface area contributed by atoms with E-state index in [4.69, 9.17) is 9.47 Å². The number of fused-ring (bicyclic) bond motifs is 1. The number of rotatable bonds is 5. The minimum atomic E-state index is -0.362. The van der Waals surface area contributed by atoms with E-state index in [9.17, 15) is 9.18 Å². The SMILES string of the molecule is CCOc1c2c(c(C(C)C)c(C=O)c1-c1ccc(F)cc1)CC(C)(C)O2. The van der Waals surface area contributed by atoms with Gasteiger partial charge in [-0.05, 0) is 49.9 Å². The van der Waals surface area contributed by atoms with Crippen molar-refractivity contribution in [3.63, 3.8) is 0 Å². The van der Waals surface area contributed by atoms with Crippen LogP contribution in [0.15, 0.2) is 24.3 Å². The van der Waals surface area contributed by atoms with Gasteiger partial charge >= 0.3 is 0 Å². The van der Waals surface area contributed by atoms with Gasteiger partial charge in [-0.2, -0.15) is 0 Å². The summed E-state index contributed by atoms with van der Waals surface area (Å²) in [5, 5.41) is 0. The second-order valence-corrected chi connectivity index (χ2v) is 7.59. The number of ether oxygens (including phenoxy) is 2. The third-order valence-electron chi connectivity index (χ3n) is 4.69. The predicted octanol–water partition coefficient (Wildman–Crippen LogP) is 5.54. The average Bonchev–Trinajstić information content (AvgIpc) is 2.89. The first kappa shape index (κ1) is 18.4. The van der Waals surface area contributed by atoms with Crippen LogP contribution in [0.5, 0.6) is 11.5 Å². The zero-order valence-corrected chi connectivity index (χ0v) is 16.0. The summed E-state index contributed by atoms with van der Waals surface area (Å²) < 4.78 is 25.6. The molecule has 1 aliphatic heterocycles. The highest BCUT2D eigenvalue weighted by Gasteiger charge is 2.38. The molecule has 0 radical (unpaired) electrons. The highest BCUT2D eigenvalue weighted by Crippen LogP contribution is 2.52. The van der Waals surface area contributed by atoms with Gasteiger partial charge in [0, 0.05) is 23.1 Å². The molecular weight excluding hydrogens is 331 g/mol. The van der Waals surface area contributed by atoms with Crippen LogP contribution in [0.1, 0.15) is 62.0 Å². The van der Waals surface area contributed by atoms with Crippen LogP contribution in [-0.4, -0.2) is 18.5 Å². The minimum Gasteiger partial charge on any atom is -0.489 e. The number of hydrogen-bond acceptors (Lipinski definition) is 3. The molecule has 0 unspecified atom stereocenters. The lowest BCUT2D eigenvalue weighted by Crippen LogP contribution is -2.25. The molecule has 2 aromatic rings. The van der Waals surface area contributed by atoms with Crippen molar-refractivity contribution < 1.29 is 18.7 Å². The van der Waals surface area contributed by atoms with E-state index in [0.717, 1.165) is 29.4 Å². The van der Waals surface area contributed by atoms with Gasteiger partial charge in [-0.3, -0.25) is 4.79 Å². The number of carbonyl (C=O) groups is 1. The van der Waals surface area contributed by atoms with Crippen LogP contribution in [0, 0.1) is 5.82 Å². The second-order valence-electron chi connectivity index (χ2n) is 7.59. The van der Waals surface area contributed by atoms with Crippen LogP contribution in [0.4, 0.5) is 4.39 Å². The standard InChI is InChI=1S/C22H25FO3/c1-6-25-21-19(14-7-9-15(23)10-8-14)17(12-24)18(13(2)3)16-11-22(4,5)26-20(16)21/h7-10,12-13H,6,11H2,1-5H3. The Balaban J connectivity index is 2.40. The molecule has 0 N–H and O–H groups in total. The molecule has 138 valence electrons. The quantitative estimate of drug-likeness (QED) is 0.660. The molecule has 0 aliphatic carbocycles. The van der Waals surface area contributed by atoms with Crippen molar-refractivity contribution in [2.75, 3.05) is 6.61 Å². The molecule has 2 aromatic carbocycles. The Labute approximate surface area is 154 Å². The number of benzene rings is 2. The molecule has 4 heteroatoms. The Bertz CT molecular complexity index is 836. The van der Waals surface area contributed by atoms with Gasteiger partial charge < -0.3 is 9.47 Å². The second kappa shape index (κ2) is 6.75. The molecule has 0 atom stereocenters. The van der Waals surface area contributed by atoms with Crippen LogP contribution in [0.25, 0.3) is 11.1 Å². The Morgan fingerprint density at radius 1 is 1.27 bits per heavy atom. The molecule has 0 spiro atoms. The molecule has 3 nitrogen and oxygen atoms in total. The van der Waals surface area contributed by atoms with Gasteiger partial charge in [0.1, 0.15) is 11.4 Å². The van der Waals surface area contributed by atoms with Crippen molar-refractivity contribution in [2.45, 2.75) is 52.6 Å². The Morgan fingerprint density at radius 2 is 1.92 bits per heavy atom. The summed E-state index contributed by atoms with van der Waals surface area (Å²) in [4.78, 5) is 12.1. The van der Waals surface area contributed by atoms with Crippen LogP contribution in [0.3, 0.4) is 0 Å². The largest absolute Gasteiger partial charge is 0.489 e. The van der Waals surface area contributed by atoms with Gasteiger partial charge in [0.15, 0.2) is 17.8 Å². The molecular formula is C22H25FO3. The maximum Gasteiger partial charge on any atom is 0.170 e. The smallest absolute Gasteiger partial charge is 0.170 e. The third-order valence-corrected chi connectivity index (χ3v) is 4.69. The molecule has 1 aliphatic rings. The summed E-state index contributed by atoms with van der Waals surface area (Å²) in [6.07, 6.45) is 1.61. The van der Waals surface area contributed by atoms with Crippen molar-refractivity contribution >= 4 is 6.29 Å². The van der Waals surface area contributed by atoms with E-state index >= 15 is 0 Å². The third kappa shape index (κ3) is 3.09. The minimum absolute atomic E-state index is 0.149. The van der Waals surface area contributed by atoms with Gasteiger partial charge in [-0.25, -0.2) is 4.39 Å². The van der Waals surface area contributed by atoms with E-state index in [2.05, 4.69) is 13.8 Å². The maximum atomic E-state index is 13.4. The molecule has 0 bridgehead atoms. The van der Waals surface area contributed by atoms with E-state index in [1.54, 1.807) is 12.1 Å². The zero-order valence-electron chi connectivity index (χ0n) is 16.0. The molecule has 1 heterocycles. The summed E-state index contributed by atoms with van der Waals surface area (Å²) in [5.74, 6) is 1.12.